The monoisotopic (exact) mass is 379 g/mol. The predicted molar refractivity (Wildman–Crippen MR) is 114 cm³/mol. The number of amides is 2. The van der Waals surface area contributed by atoms with Crippen molar-refractivity contribution in [1.82, 2.24) is 5.32 Å². The molecule has 2 amide bonds. The number of carbonyl (C=O) groups is 2. The van der Waals surface area contributed by atoms with E-state index in [2.05, 4.69) is 29.4 Å². The third-order valence-electron chi connectivity index (χ3n) is 5.33. The summed E-state index contributed by atoms with van der Waals surface area (Å²) in [5, 5.41) is 5.97. The van der Waals surface area contributed by atoms with E-state index in [1.807, 2.05) is 24.3 Å². The lowest BCUT2D eigenvalue weighted by molar-refractivity contribution is 0.0938. The maximum atomic E-state index is 12.6. The molecule has 28 heavy (non-hydrogen) atoms. The zero-order chi connectivity index (χ0) is 19.9. The molecule has 0 heterocycles. The molecule has 3 rings (SSSR count). The number of rotatable bonds is 7. The summed E-state index contributed by atoms with van der Waals surface area (Å²) >= 11 is 0. The van der Waals surface area contributed by atoms with E-state index in [-0.39, 0.29) is 17.9 Å². The number of benzene rings is 2. The molecule has 0 aromatic heterocycles. The number of hydrogen-bond donors (Lipinski definition) is 2. The minimum atomic E-state index is -0.217. The first-order chi connectivity index (χ1) is 13.6. The van der Waals surface area contributed by atoms with Gasteiger partial charge in [0, 0.05) is 41.6 Å². The highest BCUT2D eigenvalue weighted by molar-refractivity contribution is 6.06. The molecule has 1 aliphatic rings. The second-order valence-electron chi connectivity index (χ2n) is 7.21. The van der Waals surface area contributed by atoms with Crippen LogP contribution in [0.4, 0.5) is 11.4 Å². The summed E-state index contributed by atoms with van der Waals surface area (Å²) in [7, 11) is 0. The standard InChI is InChI=1S/C23H29N3O2/c1-3-26(4-2)21-14-12-20(13-15-21)25-23(28)18-9-7-8-17(16-18)22(27)24-19-10-5-6-11-19/h7-9,12-16,19H,3-6,10-11H2,1-2H3,(H,24,27)(H,25,28). The third kappa shape index (κ3) is 4.91. The Bertz CT molecular complexity index is 807. The van der Waals surface area contributed by atoms with Gasteiger partial charge in [-0.2, -0.15) is 0 Å². The first-order valence-corrected chi connectivity index (χ1v) is 10.2. The number of nitrogens with one attached hydrogen (secondary N) is 2. The summed E-state index contributed by atoms with van der Waals surface area (Å²) in [4.78, 5) is 27.3. The fraction of sp³-hybridized carbons (Fsp3) is 0.391. The lowest BCUT2D eigenvalue weighted by Crippen LogP contribution is -2.32. The molecule has 2 N–H and O–H groups in total. The van der Waals surface area contributed by atoms with Crippen LogP contribution in [0.3, 0.4) is 0 Å². The Labute approximate surface area is 167 Å². The molecule has 1 aliphatic carbocycles. The van der Waals surface area contributed by atoms with Crippen molar-refractivity contribution in [2.24, 2.45) is 0 Å². The fourth-order valence-electron chi connectivity index (χ4n) is 3.69. The summed E-state index contributed by atoms with van der Waals surface area (Å²) in [6, 6.07) is 15.0. The maximum Gasteiger partial charge on any atom is 0.255 e. The highest BCUT2D eigenvalue weighted by Crippen LogP contribution is 2.20. The molecule has 0 spiro atoms. The van der Waals surface area contributed by atoms with Crippen LogP contribution in [0.5, 0.6) is 0 Å². The van der Waals surface area contributed by atoms with Gasteiger partial charge in [0.25, 0.3) is 11.8 Å². The van der Waals surface area contributed by atoms with Crippen LogP contribution in [0.1, 0.15) is 60.2 Å². The molecular formula is C23H29N3O2. The Balaban J connectivity index is 1.65. The number of nitrogens with zero attached hydrogens (tertiary/aromatic N) is 1. The van der Waals surface area contributed by atoms with Crippen LogP contribution in [0.15, 0.2) is 48.5 Å². The lowest BCUT2D eigenvalue weighted by atomic mass is 10.1. The van der Waals surface area contributed by atoms with Gasteiger partial charge >= 0.3 is 0 Å². The Kier molecular flexibility index (Phi) is 6.69. The van der Waals surface area contributed by atoms with Crippen molar-refractivity contribution in [2.45, 2.75) is 45.6 Å². The SMILES string of the molecule is CCN(CC)c1ccc(NC(=O)c2cccc(C(=O)NC3CCCC3)c2)cc1. The number of carbonyl (C=O) groups excluding carboxylic acids is 2. The Morgan fingerprint density at radius 3 is 2.14 bits per heavy atom. The summed E-state index contributed by atoms with van der Waals surface area (Å²) in [5.74, 6) is -0.323. The fourth-order valence-corrected chi connectivity index (χ4v) is 3.69. The van der Waals surface area contributed by atoms with E-state index < -0.39 is 0 Å². The van der Waals surface area contributed by atoms with E-state index in [1.54, 1.807) is 24.3 Å². The van der Waals surface area contributed by atoms with Gasteiger partial charge in [-0.05, 0) is 69.2 Å². The van der Waals surface area contributed by atoms with Crippen LogP contribution in [0, 0.1) is 0 Å². The summed E-state index contributed by atoms with van der Waals surface area (Å²) < 4.78 is 0. The van der Waals surface area contributed by atoms with Gasteiger partial charge in [0.1, 0.15) is 0 Å². The average molecular weight is 380 g/mol. The minimum Gasteiger partial charge on any atom is -0.372 e. The van der Waals surface area contributed by atoms with E-state index >= 15 is 0 Å². The minimum absolute atomic E-state index is 0.106. The zero-order valence-electron chi connectivity index (χ0n) is 16.7. The largest absolute Gasteiger partial charge is 0.372 e. The molecule has 5 nitrogen and oxygen atoms in total. The van der Waals surface area contributed by atoms with E-state index in [0.717, 1.165) is 37.3 Å². The predicted octanol–water partition coefficient (Wildman–Crippen LogP) is 4.46. The van der Waals surface area contributed by atoms with Crippen molar-refractivity contribution in [3.63, 3.8) is 0 Å². The summed E-state index contributed by atoms with van der Waals surface area (Å²) in [6.45, 7) is 6.12. The van der Waals surface area contributed by atoms with Crippen LogP contribution in [0.25, 0.3) is 0 Å². The van der Waals surface area contributed by atoms with Crippen molar-refractivity contribution < 1.29 is 9.59 Å². The van der Waals surface area contributed by atoms with Gasteiger partial charge in [0.05, 0.1) is 0 Å². The molecular weight excluding hydrogens is 350 g/mol. The molecule has 0 bridgehead atoms. The van der Waals surface area contributed by atoms with Crippen LogP contribution in [-0.4, -0.2) is 30.9 Å². The lowest BCUT2D eigenvalue weighted by Gasteiger charge is -2.21. The maximum absolute atomic E-state index is 12.6. The van der Waals surface area contributed by atoms with Crippen molar-refractivity contribution >= 4 is 23.2 Å². The van der Waals surface area contributed by atoms with Crippen LogP contribution < -0.4 is 15.5 Å². The Morgan fingerprint density at radius 2 is 1.54 bits per heavy atom. The van der Waals surface area contributed by atoms with Gasteiger partial charge in [0.2, 0.25) is 0 Å². The van der Waals surface area contributed by atoms with Crippen molar-refractivity contribution in [3.8, 4) is 0 Å². The molecule has 0 aliphatic heterocycles. The van der Waals surface area contributed by atoms with E-state index in [9.17, 15) is 9.59 Å². The van der Waals surface area contributed by atoms with E-state index in [1.165, 1.54) is 12.8 Å². The molecule has 148 valence electrons. The molecule has 0 unspecified atom stereocenters. The molecule has 1 saturated carbocycles. The van der Waals surface area contributed by atoms with E-state index in [0.29, 0.717) is 11.1 Å². The molecule has 0 atom stereocenters. The second kappa shape index (κ2) is 9.40. The zero-order valence-corrected chi connectivity index (χ0v) is 16.7. The summed E-state index contributed by atoms with van der Waals surface area (Å²) in [5.41, 5.74) is 2.87. The van der Waals surface area contributed by atoms with Gasteiger partial charge in [-0.1, -0.05) is 18.9 Å². The normalized spacial score (nSPS) is 13.9. The van der Waals surface area contributed by atoms with Crippen LogP contribution >= 0.6 is 0 Å². The molecule has 1 fully saturated rings. The van der Waals surface area contributed by atoms with Crippen molar-refractivity contribution in [2.75, 3.05) is 23.3 Å². The average Bonchev–Trinajstić information content (AvgIpc) is 3.23. The highest BCUT2D eigenvalue weighted by atomic mass is 16.2. The summed E-state index contributed by atoms with van der Waals surface area (Å²) in [6.07, 6.45) is 4.41. The van der Waals surface area contributed by atoms with E-state index in [4.69, 9.17) is 0 Å². The van der Waals surface area contributed by atoms with Crippen LogP contribution in [-0.2, 0) is 0 Å². The van der Waals surface area contributed by atoms with Crippen molar-refractivity contribution in [1.29, 1.82) is 0 Å². The molecule has 2 aromatic carbocycles. The van der Waals surface area contributed by atoms with Gasteiger partial charge in [-0.15, -0.1) is 0 Å². The van der Waals surface area contributed by atoms with Gasteiger partial charge < -0.3 is 15.5 Å². The van der Waals surface area contributed by atoms with Crippen LogP contribution in [0.2, 0.25) is 0 Å². The topological polar surface area (TPSA) is 61.4 Å². The van der Waals surface area contributed by atoms with Gasteiger partial charge in [-0.25, -0.2) is 0 Å². The van der Waals surface area contributed by atoms with Crippen molar-refractivity contribution in [3.05, 3.63) is 59.7 Å². The molecule has 2 aromatic rings. The first kappa shape index (κ1) is 19.9. The Morgan fingerprint density at radius 1 is 0.929 bits per heavy atom. The smallest absolute Gasteiger partial charge is 0.255 e. The third-order valence-corrected chi connectivity index (χ3v) is 5.33. The Hall–Kier alpha value is -2.82. The number of anilines is 2. The molecule has 0 radical (unpaired) electrons. The van der Waals surface area contributed by atoms with Gasteiger partial charge in [0.15, 0.2) is 0 Å². The molecule has 0 saturated heterocycles. The quantitative estimate of drug-likeness (QED) is 0.747. The first-order valence-electron chi connectivity index (χ1n) is 10.2. The molecule has 5 heteroatoms. The van der Waals surface area contributed by atoms with Gasteiger partial charge in [-0.3, -0.25) is 9.59 Å². The highest BCUT2D eigenvalue weighted by Gasteiger charge is 2.18. The second-order valence-corrected chi connectivity index (χ2v) is 7.21. The number of hydrogen-bond acceptors (Lipinski definition) is 3.